The quantitative estimate of drug-likeness (QED) is 0.167. The van der Waals surface area contributed by atoms with Crippen LogP contribution in [-0.4, -0.2) is 71.5 Å². The number of aliphatic imine (C=N–C) groups is 1. The van der Waals surface area contributed by atoms with Gasteiger partial charge in [0.2, 0.25) is 5.95 Å². The van der Waals surface area contributed by atoms with E-state index in [0.717, 1.165) is 0 Å². The molecule has 16 heteroatoms. The molecule has 1 unspecified atom stereocenters. The smallest absolute Gasteiger partial charge is 0.416 e. The van der Waals surface area contributed by atoms with E-state index < -0.39 is 41.7 Å². The molecular weight excluding hydrogens is 658 g/mol. The number of benzene rings is 1. The number of alkyl halides is 6. The summed E-state index contributed by atoms with van der Waals surface area (Å²) in [7, 11) is 2.84. The average molecular weight is 699 g/mol. The molecular formula is C33H40F6N6O4. The molecule has 1 saturated heterocycles. The van der Waals surface area contributed by atoms with E-state index in [4.69, 9.17) is 15.2 Å². The predicted molar refractivity (Wildman–Crippen MR) is 169 cm³/mol. The van der Waals surface area contributed by atoms with E-state index in [-0.39, 0.29) is 48.1 Å². The highest BCUT2D eigenvalue weighted by molar-refractivity contribution is 6.09. The average Bonchev–Trinajstić information content (AvgIpc) is 3.05. The summed E-state index contributed by atoms with van der Waals surface area (Å²) in [6, 6.07) is 0.247. The van der Waals surface area contributed by atoms with Gasteiger partial charge in [-0.15, -0.1) is 0 Å². The van der Waals surface area contributed by atoms with E-state index in [1.54, 1.807) is 16.8 Å². The van der Waals surface area contributed by atoms with Gasteiger partial charge in [-0.05, 0) is 62.3 Å². The van der Waals surface area contributed by atoms with Gasteiger partial charge in [0.15, 0.2) is 0 Å². The van der Waals surface area contributed by atoms with Gasteiger partial charge in [0.05, 0.1) is 24.2 Å². The zero-order valence-electron chi connectivity index (χ0n) is 27.6. The van der Waals surface area contributed by atoms with Gasteiger partial charge in [0.1, 0.15) is 6.10 Å². The zero-order valence-corrected chi connectivity index (χ0v) is 27.6. The Balaban J connectivity index is 1.69. The molecule has 2 aliphatic rings. The Morgan fingerprint density at radius 1 is 0.980 bits per heavy atom. The van der Waals surface area contributed by atoms with E-state index in [1.807, 2.05) is 13.8 Å². The summed E-state index contributed by atoms with van der Waals surface area (Å²) >= 11 is 0. The molecule has 0 radical (unpaired) electrons. The van der Waals surface area contributed by atoms with Crippen LogP contribution in [-0.2, 0) is 33.2 Å². The molecule has 10 nitrogen and oxygen atoms in total. The fraction of sp³-hybridized carbons (Fsp3) is 0.545. The number of aromatic nitrogens is 2. The number of carbonyl (C=O) groups is 2. The summed E-state index contributed by atoms with van der Waals surface area (Å²) in [6.07, 6.45) is -3.02. The van der Waals surface area contributed by atoms with Crippen molar-refractivity contribution < 1.29 is 45.4 Å². The summed E-state index contributed by atoms with van der Waals surface area (Å²) in [5.41, 5.74) is 3.62. The molecule has 0 bridgehead atoms. The minimum Gasteiger partial charge on any atom is -0.469 e. The number of hydrogen-bond acceptors (Lipinski definition) is 9. The van der Waals surface area contributed by atoms with Crippen molar-refractivity contribution in [1.29, 1.82) is 0 Å². The summed E-state index contributed by atoms with van der Waals surface area (Å²) in [4.78, 5) is 41.4. The molecule has 1 aromatic heterocycles. The number of allylic oxidation sites excluding steroid dienone is 1. The maximum atomic E-state index is 13.8. The summed E-state index contributed by atoms with van der Waals surface area (Å²) in [6.45, 7) is 3.39. The lowest BCUT2D eigenvalue weighted by atomic mass is 9.82. The highest BCUT2D eigenvalue weighted by atomic mass is 19.4. The molecule has 2 aromatic rings. The van der Waals surface area contributed by atoms with Crippen molar-refractivity contribution in [2.45, 2.75) is 95.5 Å². The molecule has 1 saturated carbocycles. The number of amides is 1. The molecule has 0 spiro atoms. The molecule has 3 atom stereocenters. The van der Waals surface area contributed by atoms with Crippen LogP contribution >= 0.6 is 0 Å². The van der Waals surface area contributed by atoms with Gasteiger partial charge in [-0.25, -0.2) is 14.8 Å². The normalized spacial score (nSPS) is 23.3. The number of piperidine rings is 1. The van der Waals surface area contributed by atoms with Crippen molar-refractivity contribution in [3.05, 3.63) is 59.0 Å². The van der Waals surface area contributed by atoms with Gasteiger partial charge in [-0.2, -0.15) is 26.3 Å². The molecule has 2 N–H and O–H groups in total. The second kappa shape index (κ2) is 15.5. The first-order valence-corrected chi connectivity index (χ1v) is 15.9. The molecule has 49 heavy (non-hydrogen) atoms. The number of rotatable bonds is 10. The third-order valence-corrected chi connectivity index (χ3v) is 9.04. The van der Waals surface area contributed by atoms with E-state index >= 15 is 0 Å². The van der Waals surface area contributed by atoms with Gasteiger partial charge in [0, 0.05) is 67.7 Å². The van der Waals surface area contributed by atoms with Crippen molar-refractivity contribution in [3.63, 3.8) is 0 Å². The van der Waals surface area contributed by atoms with Gasteiger partial charge in [0.25, 0.3) is 0 Å². The molecule has 1 aromatic carbocycles. The van der Waals surface area contributed by atoms with Crippen molar-refractivity contribution in [3.8, 4) is 0 Å². The highest BCUT2D eigenvalue weighted by Gasteiger charge is 2.44. The summed E-state index contributed by atoms with van der Waals surface area (Å²) in [5, 5.41) is 0. The van der Waals surface area contributed by atoms with Crippen molar-refractivity contribution in [2.24, 2.45) is 16.6 Å². The number of anilines is 1. The number of halogens is 6. The maximum absolute atomic E-state index is 13.8. The van der Waals surface area contributed by atoms with Crippen LogP contribution in [0.1, 0.15) is 74.6 Å². The molecule has 2 fully saturated rings. The number of methoxy groups -OCH3 is 1. The number of nitrogens with two attached hydrogens (primary N) is 1. The van der Waals surface area contributed by atoms with Gasteiger partial charge in [-0.1, -0.05) is 13.8 Å². The van der Waals surface area contributed by atoms with Crippen LogP contribution in [0.5, 0.6) is 0 Å². The van der Waals surface area contributed by atoms with Gasteiger partial charge in [-0.3, -0.25) is 9.79 Å². The third kappa shape index (κ3) is 8.81. The number of esters is 1. The lowest BCUT2D eigenvalue weighted by Crippen LogP contribution is -2.57. The van der Waals surface area contributed by atoms with Crippen LogP contribution in [0, 0.1) is 5.92 Å². The van der Waals surface area contributed by atoms with Gasteiger partial charge < -0.3 is 25.0 Å². The van der Waals surface area contributed by atoms with E-state index in [0.29, 0.717) is 61.8 Å². The fourth-order valence-electron chi connectivity index (χ4n) is 6.40. The Labute approximate surface area is 280 Å². The van der Waals surface area contributed by atoms with Crippen molar-refractivity contribution in [1.82, 2.24) is 14.9 Å². The molecule has 2 heterocycles. The maximum Gasteiger partial charge on any atom is 0.416 e. The van der Waals surface area contributed by atoms with Crippen LogP contribution in [0.4, 0.5) is 37.1 Å². The lowest BCUT2D eigenvalue weighted by Gasteiger charge is -2.48. The minimum atomic E-state index is -5.02. The summed E-state index contributed by atoms with van der Waals surface area (Å²) < 4.78 is 93.2. The van der Waals surface area contributed by atoms with E-state index in [1.165, 1.54) is 31.9 Å². The summed E-state index contributed by atoms with van der Waals surface area (Å²) in [5.74, 6) is -0.622. The van der Waals surface area contributed by atoms with Crippen molar-refractivity contribution >= 4 is 29.8 Å². The predicted octanol–water partition coefficient (Wildman–Crippen LogP) is 6.63. The Kier molecular flexibility index (Phi) is 11.8. The Bertz CT molecular complexity index is 1480. The number of carbonyl (C=O) groups excluding carboxylic acids is 2. The fourth-order valence-corrected chi connectivity index (χ4v) is 6.40. The molecule has 1 aliphatic heterocycles. The minimum absolute atomic E-state index is 0.0774. The molecule has 1 amide bonds. The van der Waals surface area contributed by atoms with Crippen molar-refractivity contribution in [2.75, 3.05) is 19.1 Å². The lowest BCUT2D eigenvalue weighted by molar-refractivity contribution is -0.153. The zero-order chi connectivity index (χ0) is 36.1. The molecule has 4 rings (SSSR count). The number of ether oxygens (including phenoxy) is 2. The van der Waals surface area contributed by atoms with Crippen LogP contribution in [0.25, 0.3) is 5.57 Å². The van der Waals surface area contributed by atoms with Crippen LogP contribution in [0.2, 0.25) is 0 Å². The topological polar surface area (TPSA) is 123 Å². The Morgan fingerprint density at radius 2 is 1.53 bits per heavy atom. The molecule has 1 aliphatic carbocycles. The van der Waals surface area contributed by atoms with Crippen LogP contribution in [0.3, 0.4) is 0 Å². The first kappa shape index (κ1) is 37.4. The Morgan fingerprint density at radius 3 is 1.98 bits per heavy atom. The third-order valence-electron chi connectivity index (χ3n) is 9.04. The Hall–Kier alpha value is -4.37. The van der Waals surface area contributed by atoms with Crippen LogP contribution < -0.4 is 10.6 Å². The monoisotopic (exact) mass is 698 g/mol. The van der Waals surface area contributed by atoms with Crippen LogP contribution in [0.15, 0.2) is 41.8 Å². The number of hydrogen-bond donors (Lipinski definition) is 1. The van der Waals surface area contributed by atoms with Gasteiger partial charge >= 0.3 is 24.4 Å². The SMILES string of the molecule is CC[C@@H]1CC(N(Cc2cc(C(F)(F)F)cc(C(F)(F)F)c2)c2ncc(C(C=NC)=CN)cn2)C[C@H](CC)N1C(=O)OC1CC(C(=O)OC)C1. The van der Waals surface area contributed by atoms with E-state index in [2.05, 4.69) is 15.0 Å². The first-order chi connectivity index (χ1) is 23.1. The first-order valence-electron chi connectivity index (χ1n) is 15.9. The van der Waals surface area contributed by atoms with E-state index in [9.17, 15) is 35.9 Å². The second-order valence-corrected chi connectivity index (χ2v) is 12.2. The number of likely N-dealkylation sites (tertiary alicyclic amines) is 1. The largest absolute Gasteiger partial charge is 0.469 e. The highest BCUT2D eigenvalue weighted by Crippen LogP contribution is 2.39. The number of nitrogens with zero attached hydrogens (tertiary/aromatic N) is 5. The molecule has 268 valence electrons. The standard InChI is InChI=1S/C33H40F6N6O4/c1-5-25-12-27(13-26(6-2)45(25)31(47)49-28-9-20(10-28)29(46)48-4)44(30-42-16-22(17-43-30)21(14-40)15-41-3)18-19-7-23(32(34,35)36)11-24(8-19)33(37,38)39/h7-8,11,14-17,20,25-28H,5-6,9-10,12-13,18,40H2,1-4H3/t20?,25-,26+,27?,28?. The second-order valence-electron chi connectivity index (χ2n) is 12.2.